The lowest BCUT2D eigenvalue weighted by Crippen LogP contribution is -2.40. The minimum absolute atomic E-state index is 0.0651. The monoisotopic (exact) mass is 272 g/mol. The number of hydrogen-bond donors (Lipinski definition) is 1. The van der Waals surface area contributed by atoms with Crippen LogP contribution in [0.2, 0.25) is 0 Å². The topological polar surface area (TPSA) is 66.5 Å². The number of nitrogens with zero attached hydrogens (tertiary/aromatic N) is 1. The Morgan fingerprint density at radius 3 is 2.60 bits per heavy atom. The van der Waals surface area contributed by atoms with Gasteiger partial charge in [0.1, 0.15) is 6.04 Å². The van der Waals surface area contributed by atoms with E-state index in [1.807, 2.05) is 18.2 Å². The second kappa shape index (κ2) is 4.44. The number of amides is 3. The fourth-order valence-corrected chi connectivity index (χ4v) is 2.77. The Bertz CT molecular complexity index is 622. The van der Waals surface area contributed by atoms with Crippen molar-refractivity contribution in [2.75, 3.05) is 0 Å². The molecule has 1 unspecified atom stereocenters. The van der Waals surface area contributed by atoms with Crippen LogP contribution >= 0.6 is 0 Å². The summed E-state index contributed by atoms with van der Waals surface area (Å²) in [5.74, 6) is -0.460. The number of benzene rings is 1. The SMILES string of the molecule is CC(C)c1ccc2c(c1)CN(C1CC(=O)NC1=O)C2=O. The summed E-state index contributed by atoms with van der Waals surface area (Å²) in [5, 5.41) is 2.25. The number of imide groups is 1. The molecule has 1 aromatic rings. The van der Waals surface area contributed by atoms with Gasteiger partial charge in [-0.25, -0.2) is 0 Å². The average Bonchev–Trinajstić information content (AvgIpc) is 2.89. The lowest BCUT2D eigenvalue weighted by atomic mass is 9.98. The second-order valence-electron chi connectivity index (χ2n) is 5.64. The van der Waals surface area contributed by atoms with E-state index in [0.717, 1.165) is 5.56 Å². The standard InChI is InChI=1S/C15H16N2O3/c1-8(2)9-3-4-11-10(5-9)7-17(15(11)20)12-6-13(18)16-14(12)19/h3-5,8,12H,6-7H2,1-2H3,(H,16,18,19). The maximum atomic E-state index is 12.4. The Hall–Kier alpha value is -2.17. The number of carbonyl (C=O) groups excluding carboxylic acids is 3. The summed E-state index contributed by atoms with van der Waals surface area (Å²) in [7, 11) is 0. The molecule has 5 heteroatoms. The minimum Gasteiger partial charge on any atom is -0.322 e. The summed E-state index contributed by atoms with van der Waals surface area (Å²) < 4.78 is 0. The van der Waals surface area contributed by atoms with E-state index < -0.39 is 6.04 Å². The number of hydrogen-bond acceptors (Lipinski definition) is 3. The third-order valence-electron chi connectivity index (χ3n) is 3.95. The second-order valence-corrected chi connectivity index (χ2v) is 5.64. The summed E-state index contributed by atoms with van der Waals surface area (Å²) in [6.45, 7) is 4.60. The van der Waals surface area contributed by atoms with Gasteiger partial charge in [0.15, 0.2) is 0 Å². The normalized spacial score (nSPS) is 21.6. The molecule has 0 bridgehead atoms. The van der Waals surface area contributed by atoms with Crippen LogP contribution in [-0.2, 0) is 16.1 Å². The van der Waals surface area contributed by atoms with E-state index in [4.69, 9.17) is 0 Å². The predicted molar refractivity (Wildman–Crippen MR) is 72.0 cm³/mol. The number of carbonyl (C=O) groups is 3. The summed E-state index contributed by atoms with van der Waals surface area (Å²) >= 11 is 0. The fraction of sp³-hybridized carbons (Fsp3) is 0.400. The average molecular weight is 272 g/mol. The van der Waals surface area contributed by atoms with E-state index in [1.54, 1.807) is 0 Å². The molecule has 20 heavy (non-hydrogen) atoms. The van der Waals surface area contributed by atoms with E-state index in [9.17, 15) is 14.4 Å². The molecule has 104 valence electrons. The predicted octanol–water partition coefficient (Wildman–Crippen LogP) is 1.18. The first-order valence-electron chi connectivity index (χ1n) is 6.75. The Labute approximate surface area is 116 Å². The van der Waals surface area contributed by atoms with Crippen molar-refractivity contribution in [2.24, 2.45) is 0 Å². The van der Waals surface area contributed by atoms with Crippen molar-refractivity contribution in [3.05, 3.63) is 34.9 Å². The van der Waals surface area contributed by atoms with Crippen LogP contribution in [0.4, 0.5) is 0 Å². The van der Waals surface area contributed by atoms with Crippen LogP contribution in [0.15, 0.2) is 18.2 Å². The van der Waals surface area contributed by atoms with Gasteiger partial charge in [0.25, 0.3) is 5.91 Å². The van der Waals surface area contributed by atoms with Gasteiger partial charge in [-0.15, -0.1) is 0 Å². The molecule has 0 radical (unpaired) electrons. The van der Waals surface area contributed by atoms with Crippen molar-refractivity contribution in [1.29, 1.82) is 0 Å². The van der Waals surface area contributed by atoms with Crippen molar-refractivity contribution in [3.8, 4) is 0 Å². The molecule has 1 fully saturated rings. The first-order chi connectivity index (χ1) is 9.47. The van der Waals surface area contributed by atoms with Crippen LogP contribution < -0.4 is 5.32 Å². The van der Waals surface area contributed by atoms with Crippen LogP contribution in [0.1, 0.15) is 47.7 Å². The van der Waals surface area contributed by atoms with E-state index in [0.29, 0.717) is 18.0 Å². The van der Waals surface area contributed by atoms with Gasteiger partial charge in [-0.2, -0.15) is 0 Å². The molecule has 0 aliphatic carbocycles. The first-order valence-corrected chi connectivity index (χ1v) is 6.75. The van der Waals surface area contributed by atoms with Gasteiger partial charge in [-0.3, -0.25) is 19.7 Å². The Balaban J connectivity index is 1.90. The van der Waals surface area contributed by atoms with Gasteiger partial charge < -0.3 is 4.90 Å². The molecule has 1 N–H and O–H groups in total. The van der Waals surface area contributed by atoms with Gasteiger partial charge in [-0.1, -0.05) is 26.0 Å². The Morgan fingerprint density at radius 2 is 2.00 bits per heavy atom. The lowest BCUT2D eigenvalue weighted by Gasteiger charge is -2.20. The van der Waals surface area contributed by atoms with Crippen molar-refractivity contribution in [3.63, 3.8) is 0 Å². The maximum absolute atomic E-state index is 12.4. The molecule has 3 rings (SSSR count). The molecule has 0 spiro atoms. The highest BCUT2D eigenvalue weighted by atomic mass is 16.2. The van der Waals surface area contributed by atoms with Gasteiger partial charge in [0, 0.05) is 12.1 Å². The molecular weight excluding hydrogens is 256 g/mol. The van der Waals surface area contributed by atoms with Crippen molar-refractivity contribution in [1.82, 2.24) is 10.2 Å². The highest BCUT2D eigenvalue weighted by molar-refractivity contribution is 6.09. The number of rotatable bonds is 2. The quantitative estimate of drug-likeness (QED) is 0.822. The first kappa shape index (κ1) is 12.8. The third-order valence-corrected chi connectivity index (χ3v) is 3.95. The minimum atomic E-state index is -0.662. The van der Waals surface area contributed by atoms with Gasteiger partial charge in [0.2, 0.25) is 11.8 Å². The fourth-order valence-electron chi connectivity index (χ4n) is 2.77. The molecule has 2 aliphatic rings. The molecule has 0 aromatic heterocycles. The zero-order chi connectivity index (χ0) is 14.4. The zero-order valence-corrected chi connectivity index (χ0v) is 11.5. The van der Waals surface area contributed by atoms with Crippen LogP contribution in [0.5, 0.6) is 0 Å². The van der Waals surface area contributed by atoms with E-state index in [-0.39, 0.29) is 24.1 Å². The molecule has 3 amide bonds. The summed E-state index contributed by atoms with van der Waals surface area (Å²) in [5.41, 5.74) is 2.75. The summed E-state index contributed by atoms with van der Waals surface area (Å²) in [4.78, 5) is 36.8. The van der Waals surface area contributed by atoms with Gasteiger partial charge in [-0.05, 0) is 23.1 Å². The highest BCUT2D eigenvalue weighted by Crippen LogP contribution is 2.29. The largest absolute Gasteiger partial charge is 0.322 e. The third kappa shape index (κ3) is 1.90. The zero-order valence-electron chi connectivity index (χ0n) is 11.5. The van der Waals surface area contributed by atoms with Crippen LogP contribution in [0.25, 0.3) is 0 Å². The number of nitrogens with one attached hydrogen (secondary N) is 1. The van der Waals surface area contributed by atoms with E-state index in [2.05, 4.69) is 19.2 Å². The summed E-state index contributed by atoms with van der Waals surface area (Å²) in [6, 6.07) is 5.13. The summed E-state index contributed by atoms with van der Waals surface area (Å²) in [6.07, 6.45) is 0.0651. The lowest BCUT2D eigenvalue weighted by molar-refractivity contribution is -0.126. The van der Waals surface area contributed by atoms with E-state index >= 15 is 0 Å². The Kier molecular flexibility index (Phi) is 2.85. The molecule has 1 atom stereocenters. The molecule has 2 aliphatic heterocycles. The molecule has 2 heterocycles. The van der Waals surface area contributed by atoms with Crippen molar-refractivity contribution in [2.45, 2.75) is 38.8 Å². The Morgan fingerprint density at radius 1 is 1.25 bits per heavy atom. The van der Waals surface area contributed by atoms with Gasteiger partial charge >= 0.3 is 0 Å². The number of fused-ring (bicyclic) bond motifs is 1. The smallest absolute Gasteiger partial charge is 0.255 e. The van der Waals surface area contributed by atoms with Crippen LogP contribution in [-0.4, -0.2) is 28.7 Å². The van der Waals surface area contributed by atoms with Crippen molar-refractivity contribution >= 4 is 17.7 Å². The van der Waals surface area contributed by atoms with Crippen LogP contribution in [0.3, 0.4) is 0 Å². The van der Waals surface area contributed by atoms with Gasteiger partial charge in [0.05, 0.1) is 6.42 Å². The maximum Gasteiger partial charge on any atom is 0.255 e. The van der Waals surface area contributed by atoms with E-state index in [1.165, 1.54) is 10.5 Å². The molecular formula is C15H16N2O3. The molecule has 1 aromatic carbocycles. The highest BCUT2D eigenvalue weighted by Gasteiger charge is 2.41. The van der Waals surface area contributed by atoms with Crippen molar-refractivity contribution < 1.29 is 14.4 Å². The molecule has 1 saturated heterocycles. The van der Waals surface area contributed by atoms with Crippen LogP contribution in [0, 0.1) is 0 Å². The molecule has 5 nitrogen and oxygen atoms in total. The molecule has 0 saturated carbocycles.